The zero-order valence-corrected chi connectivity index (χ0v) is 18.6. The van der Waals surface area contributed by atoms with Gasteiger partial charge in [0.15, 0.2) is 5.69 Å². The Morgan fingerprint density at radius 2 is 1.81 bits per heavy atom. The molecule has 0 aliphatic carbocycles. The Morgan fingerprint density at radius 3 is 2.45 bits per heavy atom. The van der Waals surface area contributed by atoms with Crippen LogP contribution in [0.1, 0.15) is 42.9 Å². The maximum atomic E-state index is 13.2. The van der Waals surface area contributed by atoms with Crippen LogP contribution >= 0.6 is 0 Å². The Labute approximate surface area is 182 Å². The SMILES string of the molecule is CCN(CC)C(CNC(=O)c1nn(CC)c(=O)c2ccccc12)c1cccc(OC)c1. The third-order valence-corrected chi connectivity index (χ3v) is 5.57. The van der Waals surface area contributed by atoms with Gasteiger partial charge in [0.2, 0.25) is 0 Å². The molecular weight excluding hydrogens is 392 g/mol. The van der Waals surface area contributed by atoms with Gasteiger partial charge in [-0.1, -0.05) is 44.2 Å². The lowest BCUT2D eigenvalue weighted by molar-refractivity contribution is 0.0929. The zero-order chi connectivity index (χ0) is 22.4. The first-order valence-electron chi connectivity index (χ1n) is 10.7. The lowest BCUT2D eigenvalue weighted by Gasteiger charge is -2.30. The number of fused-ring (bicyclic) bond motifs is 1. The number of aryl methyl sites for hydroxylation is 1. The van der Waals surface area contributed by atoms with Crippen LogP contribution in [0.5, 0.6) is 5.75 Å². The molecule has 1 unspecified atom stereocenters. The number of methoxy groups -OCH3 is 1. The molecule has 164 valence electrons. The highest BCUT2D eigenvalue weighted by Gasteiger charge is 2.22. The topological polar surface area (TPSA) is 76.5 Å². The molecule has 1 atom stereocenters. The molecule has 7 heteroatoms. The maximum Gasteiger partial charge on any atom is 0.274 e. The molecule has 0 aliphatic heterocycles. The van der Waals surface area contributed by atoms with Gasteiger partial charge in [0, 0.05) is 18.5 Å². The van der Waals surface area contributed by atoms with Crippen molar-refractivity contribution in [1.82, 2.24) is 20.0 Å². The molecule has 0 spiro atoms. The van der Waals surface area contributed by atoms with Gasteiger partial charge >= 0.3 is 0 Å². The van der Waals surface area contributed by atoms with Crippen molar-refractivity contribution < 1.29 is 9.53 Å². The van der Waals surface area contributed by atoms with Crippen molar-refractivity contribution in [3.8, 4) is 5.75 Å². The van der Waals surface area contributed by atoms with E-state index in [2.05, 4.69) is 29.2 Å². The van der Waals surface area contributed by atoms with Crippen LogP contribution in [0.4, 0.5) is 0 Å². The Kier molecular flexibility index (Phi) is 7.41. The van der Waals surface area contributed by atoms with Gasteiger partial charge < -0.3 is 10.1 Å². The molecule has 2 aromatic carbocycles. The minimum absolute atomic E-state index is 0.0163. The van der Waals surface area contributed by atoms with E-state index in [1.54, 1.807) is 25.3 Å². The van der Waals surface area contributed by atoms with E-state index in [-0.39, 0.29) is 23.2 Å². The second-order valence-corrected chi connectivity index (χ2v) is 7.24. The Balaban J connectivity index is 1.92. The summed E-state index contributed by atoms with van der Waals surface area (Å²) in [5, 5.41) is 8.45. The van der Waals surface area contributed by atoms with E-state index in [0.717, 1.165) is 24.4 Å². The Morgan fingerprint density at radius 1 is 1.10 bits per heavy atom. The third kappa shape index (κ3) is 4.77. The first-order chi connectivity index (χ1) is 15.0. The summed E-state index contributed by atoms with van der Waals surface area (Å²) < 4.78 is 6.72. The minimum Gasteiger partial charge on any atom is -0.497 e. The number of hydrogen-bond acceptors (Lipinski definition) is 5. The van der Waals surface area contributed by atoms with E-state index in [1.165, 1.54) is 4.68 Å². The Hall–Kier alpha value is -3.19. The summed E-state index contributed by atoms with van der Waals surface area (Å²) in [7, 11) is 1.65. The average Bonchev–Trinajstić information content (AvgIpc) is 2.82. The molecule has 7 nitrogen and oxygen atoms in total. The summed E-state index contributed by atoms with van der Waals surface area (Å²) >= 11 is 0. The van der Waals surface area contributed by atoms with Crippen molar-refractivity contribution >= 4 is 16.7 Å². The van der Waals surface area contributed by atoms with Gasteiger partial charge in [-0.2, -0.15) is 5.10 Å². The second kappa shape index (κ2) is 10.2. The van der Waals surface area contributed by atoms with Crippen molar-refractivity contribution in [3.05, 3.63) is 70.1 Å². The van der Waals surface area contributed by atoms with Gasteiger partial charge in [0.25, 0.3) is 11.5 Å². The highest BCUT2D eigenvalue weighted by Crippen LogP contribution is 2.24. The standard InChI is InChI=1S/C24H30N4O3/c1-5-27(6-2)21(17-11-10-12-18(15-17)31-4)16-25-23(29)22-19-13-8-9-14-20(19)24(30)28(7-3)26-22/h8-15,21H,5-7,16H2,1-4H3,(H,25,29). The quantitative estimate of drug-likeness (QED) is 0.573. The number of amides is 1. The maximum absolute atomic E-state index is 13.2. The zero-order valence-electron chi connectivity index (χ0n) is 18.6. The number of rotatable bonds is 9. The van der Waals surface area contributed by atoms with Crippen LogP contribution < -0.4 is 15.6 Å². The van der Waals surface area contributed by atoms with Crippen molar-refractivity contribution in [3.63, 3.8) is 0 Å². The third-order valence-electron chi connectivity index (χ3n) is 5.57. The number of nitrogens with one attached hydrogen (secondary N) is 1. The van der Waals surface area contributed by atoms with Crippen molar-refractivity contribution in [2.24, 2.45) is 0 Å². The van der Waals surface area contributed by atoms with Gasteiger partial charge in [0.1, 0.15) is 5.75 Å². The predicted molar refractivity (Wildman–Crippen MR) is 123 cm³/mol. The Bertz CT molecular complexity index is 1110. The van der Waals surface area contributed by atoms with E-state index in [1.807, 2.05) is 37.3 Å². The number of nitrogens with zero attached hydrogens (tertiary/aromatic N) is 3. The van der Waals surface area contributed by atoms with Crippen LogP contribution in [0.2, 0.25) is 0 Å². The van der Waals surface area contributed by atoms with Gasteiger partial charge in [-0.25, -0.2) is 4.68 Å². The normalized spacial score (nSPS) is 12.2. The van der Waals surface area contributed by atoms with Gasteiger partial charge in [-0.05, 0) is 43.8 Å². The summed E-state index contributed by atoms with van der Waals surface area (Å²) in [6, 6.07) is 15.0. The van der Waals surface area contributed by atoms with E-state index < -0.39 is 0 Å². The molecule has 1 aromatic heterocycles. The molecule has 0 saturated carbocycles. The molecule has 0 fully saturated rings. The van der Waals surface area contributed by atoms with Crippen LogP contribution in [0, 0.1) is 0 Å². The lowest BCUT2D eigenvalue weighted by atomic mass is 10.0. The van der Waals surface area contributed by atoms with E-state index in [9.17, 15) is 9.59 Å². The number of hydrogen-bond donors (Lipinski definition) is 1. The van der Waals surface area contributed by atoms with E-state index in [0.29, 0.717) is 23.9 Å². The fourth-order valence-corrected chi connectivity index (χ4v) is 3.86. The lowest BCUT2D eigenvalue weighted by Crippen LogP contribution is -2.39. The van der Waals surface area contributed by atoms with Gasteiger partial charge in [-0.3, -0.25) is 14.5 Å². The summed E-state index contributed by atoms with van der Waals surface area (Å²) in [5.74, 6) is 0.488. The monoisotopic (exact) mass is 422 g/mol. The summed E-state index contributed by atoms with van der Waals surface area (Å²) in [5.41, 5.74) is 1.15. The number of benzene rings is 2. The second-order valence-electron chi connectivity index (χ2n) is 7.24. The predicted octanol–water partition coefficient (Wildman–Crippen LogP) is 3.24. The number of likely N-dealkylation sites (N-methyl/N-ethyl adjacent to an activating group) is 1. The summed E-state index contributed by atoms with van der Waals surface area (Å²) in [6.07, 6.45) is 0. The fourth-order valence-electron chi connectivity index (χ4n) is 3.86. The largest absolute Gasteiger partial charge is 0.497 e. The van der Waals surface area contributed by atoms with Gasteiger partial charge in [-0.15, -0.1) is 0 Å². The minimum atomic E-state index is -0.293. The average molecular weight is 423 g/mol. The van der Waals surface area contributed by atoms with Crippen molar-refractivity contribution in [1.29, 1.82) is 0 Å². The molecular formula is C24H30N4O3. The number of aromatic nitrogens is 2. The number of carbonyl (C=O) groups excluding carboxylic acids is 1. The molecule has 1 heterocycles. The molecule has 0 saturated heterocycles. The van der Waals surface area contributed by atoms with E-state index in [4.69, 9.17) is 4.74 Å². The highest BCUT2D eigenvalue weighted by atomic mass is 16.5. The highest BCUT2D eigenvalue weighted by molar-refractivity contribution is 6.04. The molecule has 0 bridgehead atoms. The van der Waals surface area contributed by atoms with Gasteiger partial charge in [0.05, 0.1) is 18.5 Å². The number of ether oxygens (including phenoxy) is 1. The van der Waals surface area contributed by atoms with E-state index >= 15 is 0 Å². The molecule has 3 rings (SSSR count). The first kappa shape index (κ1) is 22.5. The van der Waals surface area contributed by atoms with Crippen LogP contribution in [0.25, 0.3) is 10.8 Å². The smallest absolute Gasteiger partial charge is 0.274 e. The molecule has 0 radical (unpaired) electrons. The van der Waals surface area contributed by atoms with Crippen LogP contribution in [0.3, 0.4) is 0 Å². The fraction of sp³-hybridized carbons (Fsp3) is 0.375. The van der Waals surface area contributed by atoms with Crippen LogP contribution in [0.15, 0.2) is 53.3 Å². The summed E-state index contributed by atoms with van der Waals surface area (Å²) in [4.78, 5) is 28.0. The van der Waals surface area contributed by atoms with Crippen LogP contribution in [-0.4, -0.2) is 47.3 Å². The molecule has 31 heavy (non-hydrogen) atoms. The van der Waals surface area contributed by atoms with Crippen molar-refractivity contribution in [2.45, 2.75) is 33.4 Å². The molecule has 1 amide bonds. The molecule has 1 N–H and O–H groups in total. The summed E-state index contributed by atoms with van der Waals surface area (Å²) in [6.45, 7) is 8.54. The van der Waals surface area contributed by atoms with Crippen LogP contribution in [-0.2, 0) is 6.54 Å². The molecule has 0 aliphatic rings. The van der Waals surface area contributed by atoms with Crippen molar-refractivity contribution in [2.75, 3.05) is 26.7 Å². The molecule has 3 aromatic rings. The number of carbonyl (C=O) groups is 1. The first-order valence-corrected chi connectivity index (χ1v) is 10.7.